The minimum atomic E-state index is -0.127. The average Bonchev–Trinajstić information content (AvgIpc) is 2.53. The molecule has 0 heterocycles. The van der Waals surface area contributed by atoms with Gasteiger partial charge in [-0.25, -0.2) is 0 Å². The second-order valence-electron chi connectivity index (χ2n) is 4.24. The van der Waals surface area contributed by atoms with Gasteiger partial charge in [-0.3, -0.25) is 10.6 Å². The SMILES string of the molecule is CN(C(=O)c1ccc(NN)cc1)c1ccc(C#N)cc1. The number of rotatable bonds is 3. The van der Waals surface area contributed by atoms with Crippen LogP contribution in [0.4, 0.5) is 11.4 Å². The number of carbonyl (C=O) groups is 1. The first-order chi connectivity index (χ1) is 9.65. The van der Waals surface area contributed by atoms with Crippen molar-refractivity contribution in [1.29, 1.82) is 5.26 Å². The fourth-order valence-corrected chi connectivity index (χ4v) is 1.78. The summed E-state index contributed by atoms with van der Waals surface area (Å²) in [6.07, 6.45) is 0. The van der Waals surface area contributed by atoms with E-state index in [4.69, 9.17) is 11.1 Å². The van der Waals surface area contributed by atoms with Gasteiger partial charge in [0.25, 0.3) is 5.91 Å². The lowest BCUT2D eigenvalue weighted by molar-refractivity contribution is 0.0993. The van der Waals surface area contributed by atoms with Gasteiger partial charge >= 0.3 is 0 Å². The van der Waals surface area contributed by atoms with Crippen LogP contribution in [0.15, 0.2) is 48.5 Å². The number of nitriles is 1. The van der Waals surface area contributed by atoms with Crippen molar-refractivity contribution in [3.8, 4) is 6.07 Å². The number of carbonyl (C=O) groups excluding carboxylic acids is 1. The van der Waals surface area contributed by atoms with Crippen LogP contribution in [0.1, 0.15) is 15.9 Å². The van der Waals surface area contributed by atoms with Crippen LogP contribution in [0.25, 0.3) is 0 Å². The van der Waals surface area contributed by atoms with Gasteiger partial charge in [-0.05, 0) is 48.5 Å². The zero-order valence-electron chi connectivity index (χ0n) is 11.0. The maximum Gasteiger partial charge on any atom is 0.258 e. The second kappa shape index (κ2) is 5.87. The molecule has 5 nitrogen and oxygen atoms in total. The van der Waals surface area contributed by atoms with Crippen molar-refractivity contribution in [3.63, 3.8) is 0 Å². The summed E-state index contributed by atoms with van der Waals surface area (Å²) in [7, 11) is 1.69. The number of hydrazine groups is 1. The van der Waals surface area contributed by atoms with Crippen LogP contribution in [0, 0.1) is 11.3 Å². The molecule has 0 unspecified atom stereocenters. The molecule has 0 aliphatic rings. The van der Waals surface area contributed by atoms with E-state index in [0.29, 0.717) is 11.1 Å². The van der Waals surface area contributed by atoms with Crippen molar-refractivity contribution < 1.29 is 4.79 Å². The van der Waals surface area contributed by atoms with Crippen LogP contribution in [-0.2, 0) is 0 Å². The lowest BCUT2D eigenvalue weighted by atomic mass is 10.1. The molecule has 0 aliphatic carbocycles. The van der Waals surface area contributed by atoms with Gasteiger partial charge in [-0.2, -0.15) is 5.26 Å². The van der Waals surface area contributed by atoms with Crippen LogP contribution in [0.2, 0.25) is 0 Å². The van der Waals surface area contributed by atoms with Crippen LogP contribution in [-0.4, -0.2) is 13.0 Å². The maximum atomic E-state index is 12.3. The molecule has 0 radical (unpaired) electrons. The van der Waals surface area contributed by atoms with Gasteiger partial charge in [0, 0.05) is 24.0 Å². The minimum absolute atomic E-state index is 0.127. The number of anilines is 2. The van der Waals surface area contributed by atoms with E-state index in [1.165, 1.54) is 4.90 Å². The molecule has 2 aromatic carbocycles. The highest BCUT2D eigenvalue weighted by molar-refractivity contribution is 6.05. The summed E-state index contributed by atoms with van der Waals surface area (Å²) >= 11 is 0. The second-order valence-corrected chi connectivity index (χ2v) is 4.24. The largest absolute Gasteiger partial charge is 0.324 e. The van der Waals surface area contributed by atoms with Crippen LogP contribution >= 0.6 is 0 Å². The van der Waals surface area contributed by atoms with E-state index in [9.17, 15) is 4.79 Å². The maximum absolute atomic E-state index is 12.3. The van der Waals surface area contributed by atoms with Gasteiger partial charge in [0.15, 0.2) is 0 Å². The molecule has 0 saturated carbocycles. The van der Waals surface area contributed by atoms with Gasteiger partial charge in [-0.1, -0.05) is 0 Å². The third-order valence-electron chi connectivity index (χ3n) is 2.99. The Labute approximate surface area is 117 Å². The van der Waals surface area contributed by atoms with Gasteiger partial charge < -0.3 is 10.3 Å². The van der Waals surface area contributed by atoms with Gasteiger partial charge in [0.2, 0.25) is 0 Å². The normalized spacial score (nSPS) is 9.65. The number of benzene rings is 2. The molecule has 0 aromatic heterocycles. The van der Waals surface area contributed by atoms with E-state index in [2.05, 4.69) is 5.43 Å². The molecule has 0 atom stereocenters. The summed E-state index contributed by atoms with van der Waals surface area (Å²) in [6, 6.07) is 15.8. The van der Waals surface area contributed by atoms with Crippen molar-refractivity contribution in [1.82, 2.24) is 0 Å². The number of nitrogen functional groups attached to an aromatic ring is 1. The van der Waals surface area contributed by atoms with Crippen LogP contribution in [0.5, 0.6) is 0 Å². The molecule has 1 amide bonds. The number of nitrogens with zero attached hydrogens (tertiary/aromatic N) is 2. The molecular formula is C15H14N4O. The quantitative estimate of drug-likeness (QED) is 0.658. The molecule has 0 bridgehead atoms. The summed E-state index contributed by atoms with van der Waals surface area (Å²) < 4.78 is 0. The monoisotopic (exact) mass is 266 g/mol. The zero-order chi connectivity index (χ0) is 14.5. The highest BCUT2D eigenvalue weighted by atomic mass is 16.2. The molecule has 0 aliphatic heterocycles. The Kier molecular flexibility index (Phi) is 3.99. The summed E-state index contributed by atoms with van der Waals surface area (Å²) in [4.78, 5) is 13.8. The standard InChI is InChI=1S/C15H14N4O/c1-19(14-8-2-11(10-16)3-9-14)15(20)12-4-6-13(18-17)7-5-12/h2-9,18H,17H2,1H3. The van der Waals surface area contributed by atoms with Crippen LogP contribution in [0.3, 0.4) is 0 Å². The summed E-state index contributed by atoms with van der Waals surface area (Å²) in [6.45, 7) is 0. The molecule has 0 saturated heterocycles. The highest BCUT2D eigenvalue weighted by Gasteiger charge is 2.13. The zero-order valence-corrected chi connectivity index (χ0v) is 11.0. The van der Waals surface area contributed by atoms with Crippen LogP contribution < -0.4 is 16.2 Å². The Morgan fingerprint density at radius 1 is 1.15 bits per heavy atom. The Balaban J connectivity index is 2.20. The minimum Gasteiger partial charge on any atom is -0.324 e. The predicted molar refractivity (Wildman–Crippen MR) is 78.1 cm³/mol. The Morgan fingerprint density at radius 3 is 2.25 bits per heavy atom. The van der Waals surface area contributed by atoms with Crippen molar-refractivity contribution >= 4 is 17.3 Å². The highest BCUT2D eigenvalue weighted by Crippen LogP contribution is 2.17. The number of hydrogen-bond acceptors (Lipinski definition) is 4. The molecule has 3 N–H and O–H groups in total. The van der Waals surface area contributed by atoms with Gasteiger partial charge in [0.05, 0.1) is 11.6 Å². The van der Waals surface area contributed by atoms with Crippen molar-refractivity contribution in [2.24, 2.45) is 5.84 Å². The molecular weight excluding hydrogens is 252 g/mol. The van der Waals surface area contributed by atoms with Crippen molar-refractivity contribution in [2.45, 2.75) is 0 Å². The van der Waals surface area contributed by atoms with Gasteiger partial charge in [0.1, 0.15) is 0 Å². The first kappa shape index (κ1) is 13.6. The van der Waals surface area contributed by atoms with E-state index in [1.54, 1.807) is 55.6 Å². The van der Waals surface area contributed by atoms with E-state index in [0.717, 1.165) is 11.4 Å². The molecule has 2 rings (SSSR count). The predicted octanol–water partition coefficient (Wildman–Crippen LogP) is 2.12. The summed E-state index contributed by atoms with van der Waals surface area (Å²) in [5, 5.41) is 8.76. The van der Waals surface area contributed by atoms with Gasteiger partial charge in [-0.15, -0.1) is 0 Å². The van der Waals surface area contributed by atoms with E-state index in [1.807, 2.05) is 6.07 Å². The number of nitrogens with two attached hydrogens (primary N) is 1. The summed E-state index contributed by atoms with van der Waals surface area (Å²) in [5.74, 6) is 5.16. The van der Waals surface area contributed by atoms with Crippen molar-refractivity contribution in [2.75, 3.05) is 17.4 Å². The van der Waals surface area contributed by atoms with Crippen molar-refractivity contribution in [3.05, 3.63) is 59.7 Å². The third kappa shape index (κ3) is 2.76. The lowest BCUT2D eigenvalue weighted by Gasteiger charge is -2.17. The Morgan fingerprint density at radius 2 is 1.75 bits per heavy atom. The molecule has 2 aromatic rings. The first-order valence-electron chi connectivity index (χ1n) is 6.00. The number of hydrogen-bond donors (Lipinski definition) is 2. The Bertz CT molecular complexity index is 641. The van der Waals surface area contributed by atoms with E-state index >= 15 is 0 Å². The smallest absolute Gasteiger partial charge is 0.258 e. The molecule has 0 spiro atoms. The first-order valence-corrected chi connectivity index (χ1v) is 6.00. The number of amides is 1. The molecule has 20 heavy (non-hydrogen) atoms. The average molecular weight is 266 g/mol. The van der Waals surface area contributed by atoms with E-state index in [-0.39, 0.29) is 5.91 Å². The fourth-order valence-electron chi connectivity index (χ4n) is 1.78. The topological polar surface area (TPSA) is 82.2 Å². The number of nitrogens with one attached hydrogen (secondary N) is 1. The molecule has 100 valence electrons. The van der Waals surface area contributed by atoms with E-state index < -0.39 is 0 Å². The lowest BCUT2D eigenvalue weighted by Crippen LogP contribution is -2.26. The fraction of sp³-hybridized carbons (Fsp3) is 0.0667. The molecule has 0 fully saturated rings. The Hall–Kier alpha value is -2.84. The summed E-state index contributed by atoms with van der Waals surface area (Å²) in [5.41, 5.74) is 5.11. The molecule has 5 heteroatoms. The third-order valence-corrected chi connectivity index (χ3v) is 2.99.